The minimum Gasteiger partial charge on any atom is -0.446 e. The van der Waals surface area contributed by atoms with Crippen LogP contribution >= 0.6 is 0 Å². The van der Waals surface area contributed by atoms with Gasteiger partial charge in [-0.3, -0.25) is 5.32 Å². The van der Waals surface area contributed by atoms with Crippen molar-refractivity contribution in [3.63, 3.8) is 0 Å². The van der Waals surface area contributed by atoms with Gasteiger partial charge >= 0.3 is 18.4 Å². The minimum atomic E-state index is -5.84. The molecular formula is C10H7F5NO3. The first kappa shape index (κ1) is 15.0. The second-order valence-corrected chi connectivity index (χ2v) is 3.20. The first-order chi connectivity index (χ1) is 8.65. The second-order valence-electron chi connectivity index (χ2n) is 3.20. The van der Waals surface area contributed by atoms with Crippen molar-refractivity contribution in [3.05, 3.63) is 31.4 Å². The van der Waals surface area contributed by atoms with Crippen molar-refractivity contribution < 1.29 is 36.2 Å². The maximum Gasteiger partial charge on any atom is 0.499 e. The fraction of sp³-hybridized carbons (Fsp3) is 0.200. The molecule has 0 aliphatic rings. The summed E-state index contributed by atoms with van der Waals surface area (Å²) in [6.45, 7) is 0. The van der Waals surface area contributed by atoms with Crippen molar-refractivity contribution in [2.75, 3.05) is 5.32 Å². The number of alkyl halides is 5. The van der Waals surface area contributed by atoms with Crippen LogP contribution in [0.4, 0.5) is 32.4 Å². The summed E-state index contributed by atoms with van der Waals surface area (Å²) in [5.74, 6) is -0.774. The number of hydrogen-bond acceptors (Lipinski definition) is 3. The molecule has 0 aliphatic heterocycles. The molecule has 1 aromatic rings. The summed E-state index contributed by atoms with van der Waals surface area (Å²) < 4.78 is 68.5. The van der Waals surface area contributed by atoms with Crippen molar-refractivity contribution in [3.8, 4) is 5.75 Å². The van der Waals surface area contributed by atoms with E-state index in [-0.39, 0.29) is 5.69 Å². The predicted octanol–water partition coefficient (Wildman–Crippen LogP) is 3.56. The van der Waals surface area contributed by atoms with Crippen LogP contribution in [0.1, 0.15) is 0 Å². The van der Waals surface area contributed by atoms with Crippen LogP contribution in [0.5, 0.6) is 5.75 Å². The van der Waals surface area contributed by atoms with Gasteiger partial charge in [0.05, 0.1) is 0 Å². The lowest BCUT2D eigenvalue weighted by atomic mass is 10.3. The highest BCUT2D eigenvalue weighted by molar-refractivity contribution is 5.84. The Bertz CT molecular complexity index is 461. The molecule has 4 nitrogen and oxygen atoms in total. The van der Waals surface area contributed by atoms with Crippen molar-refractivity contribution >= 4 is 11.8 Å². The monoisotopic (exact) mass is 284 g/mol. The van der Waals surface area contributed by atoms with Crippen molar-refractivity contribution in [2.45, 2.75) is 12.3 Å². The van der Waals surface area contributed by atoms with Gasteiger partial charge in [-0.15, -0.1) is 0 Å². The Labute approximate surface area is 104 Å². The molecular weight excluding hydrogens is 277 g/mol. The largest absolute Gasteiger partial charge is 0.499 e. The molecule has 0 unspecified atom stereocenters. The zero-order valence-electron chi connectivity index (χ0n) is 9.13. The van der Waals surface area contributed by atoms with Crippen molar-refractivity contribution in [1.82, 2.24) is 0 Å². The summed E-state index contributed by atoms with van der Waals surface area (Å²) in [4.78, 5) is 10.8. The molecule has 1 radical (unpaired) electrons. The lowest BCUT2D eigenvalue weighted by molar-refractivity contribution is -0.360. The zero-order valence-corrected chi connectivity index (χ0v) is 9.13. The summed E-state index contributed by atoms with van der Waals surface area (Å²) in [5, 5.41) is 2.03. The summed E-state index contributed by atoms with van der Waals surface area (Å²) in [6.07, 6.45) is -12.2. The quantitative estimate of drug-likeness (QED) is 0.863. The molecule has 0 spiro atoms. The fourth-order valence-corrected chi connectivity index (χ4v) is 0.997. The van der Waals surface area contributed by atoms with Gasteiger partial charge in [-0.1, -0.05) is 6.07 Å². The van der Waals surface area contributed by atoms with Gasteiger partial charge in [0.15, 0.2) is 0 Å². The van der Waals surface area contributed by atoms with Crippen LogP contribution < -0.4 is 10.1 Å². The van der Waals surface area contributed by atoms with Crippen LogP contribution in [-0.4, -0.2) is 18.4 Å². The maximum atomic E-state index is 12.6. The summed E-state index contributed by atoms with van der Waals surface area (Å²) in [5.41, 5.74) is -0.0934. The van der Waals surface area contributed by atoms with Crippen LogP contribution in [0.2, 0.25) is 0 Å². The number of halogens is 5. The van der Waals surface area contributed by atoms with Gasteiger partial charge in [0.1, 0.15) is 12.9 Å². The number of nitrogens with one attached hydrogen (secondary N) is 1. The SMILES string of the molecule is [CH2]OC(=O)Nc1cccc(OC(F)(F)C(F)(F)F)c1. The standard InChI is InChI=1S/C10H7F5NO3/c1-18-8(17)16-6-3-2-4-7(5-6)19-10(14,15)9(11,12)13/h2-5H,1H2,(H,16,17). The molecule has 0 fully saturated rings. The number of anilines is 1. The van der Waals surface area contributed by atoms with Crippen LogP contribution in [0.15, 0.2) is 24.3 Å². The summed E-state index contributed by atoms with van der Waals surface area (Å²) in [7, 11) is 2.78. The van der Waals surface area contributed by atoms with E-state index in [1.807, 2.05) is 5.32 Å². The molecule has 9 heteroatoms. The number of amides is 1. The summed E-state index contributed by atoms with van der Waals surface area (Å²) >= 11 is 0. The summed E-state index contributed by atoms with van der Waals surface area (Å²) in [6, 6.07) is 3.99. The first-order valence-electron chi connectivity index (χ1n) is 4.62. The Kier molecular flexibility index (Phi) is 4.17. The highest BCUT2D eigenvalue weighted by atomic mass is 19.4. The zero-order chi connectivity index (χ0) is 14.7. The first-order valence-corrected chi connectivity index (χ1v) is 4.62. The van der Waals surface area contributed by atoms with Gasteiger partial charge in [-0.25, -0.2) is 4.79 Å². The van der Waals surface area contributed by atoms with Crippen molar-refractivity contribution in [1.29, 1.82) is 0 Å². The average molecular weight is 284 g/mol. The van der Waals surface area contributed by atoms with E-state index >= 15 is 0 Å². The topological polar surface area (TPSA) is 47.6 Å². The van der Waals surface area contributed by atoms with E-state index in [1.54, 1.807) is 0 Å². The molecule has 1 rings (SSSR count). The molecule has 105 valence electrons. The number of rotatable bonds is 3. The number of carbonyl (C=O) groups excluding carboxylic acids is 1. The van der Waals surface area contributed by atoms with Crippen LogP contribution in [0, 0.1) is 7.11 Å². The fourth-order valence-electron chi connectivity index (χ4n) is 0.997. The van der Waals surface area contributed by atoms with Gasteiger partial charge in [0.25, 0.3) is 0 Å². The molecule has 0 aromatic heterocycles. The third-order valence-corrected chi connectivity index (χ3v) is 1.79. The molecule has 0 heterocycles. The number of carbonyl (C=O) groups is 1. The van der Waals surface area contributed by atoms with Gasteiger partial charge in [-0.05, 0) is 12.1 Å². The molecule has 19 heavy (non-hydrogen) atoms. The minimum absolute atomic E-state index is 0.0934. The highest BCUT2D eigenvalue weighted by Crippen LogP contribution is 2.37. The number of hydrogen-bond donors (Lipinski definition) is 1. The maximum absolute atomic E-state index is 12.6. The molecule has 1 aromatic carbocycles. The molecule has 0 atom stereocenters. The molecule has 1 amide bonds. The van der Waals surface area contributed by atoms with Crippen LogP contribution in [-0.2, 0) is 4.74 Å². The smallest absolute Gasteiger partial charge is 0.446 e. The van der Waals surface area contributed by atoms with Crippen LogP contribution in [0.3, 0.4) is 0 Å². The molecule has 0 aliphatic carbocycles. The molecule has 0 saturated heterocycles. The number of ether oxygens (including phenoxy) is 2. The number of benzene rings is 1. The van der Waals surface area contributed by atoms with E-state index in [4.69, 9.17) is 0 Å². The van der Waals surface area contributed by atoms with E-state index in [0.29, 0.717) is 0 Å². The Morgan fingerprint density at radius 3 is 2.37 bits per heavy atom. The van der Waals surface area contributed by atoms with Crippen molar-refractivity contribution in [2.24, 2.45) is 0 Å². The highest BCUT2D eigenvalue weighted by Gasteiger charge is 2.61. The molecule has 0 bridgehead atoms. The van der Waals surface area contributed by atoms with E-state index in [0.717, 1.165) is 18.2 Å². The Hall–Kier alpha value is -2.06. The Morgan fingerprint density at radius 1 is 1.21 bits per heavy atom. The van der Waals surface area contributed by atoms with Crippen LogP contribution in [0.25, 0.3) is 0 Å². The van der Waals surface area contributed by atoms with E-state index < -0.39 is 24.1 Å². The predicted molar refractivity (Wildman–Crippen MR) is 53.5 cm³/mol. The lowest BCUT2D eigenvalue weighted by Gasteiger charge is -2.20. The lowest BCUT2D eigenvalue weighted by Crippen LogP contribution is -2.41. The molecule has 0 saturated carbocycles. The van der Waals surface area contributed by atoms with Gasteiger partial charge in [0.2, 0.25) is 0 Å². The van der Waals surface area contributed by atoms with Gasteiger partial charge < -0.3 is 9.47 Å². The van der Waals surface area contributed by atoms with E-state index in [9.17, 15) is 26.7 Å². The van der Waals surface area contributed by atoms with E-state index in [1.165, 1.54) is 6.07 Å². The van der Waals surface area contributed by atoms with Gasteiger partial charge in [0, 0.05) is 11.8 Å². The average Bonchev–Trinajstić information content (AvgIpc) is 2.27. The third kappa shape index (κ3) is 3.97. The van der Waals surface area contributed by atoms with E-state index in [2.05, 4.69) is 16.6 Å². The Balaban J connectivity index is 2.86. The normalized spacial score (nSPS) is 11.9. The van der Waals surface area contributed by atoms with Gasteiger partial charge in [-0.2, -0.15) is 22.0 Å². The third-order valence-electron chi connectivity index (χ3n) is 1.79. The Morgan fingerprint density at radius 2 is 1.84 bits per heavy atom. The second kappa shape index (κ2) is 5.29. The molecule has 1 N–H and O–H groups in total.